The molecule has 3 aliphatic carbocycles. The largest absolute Gasteiger partial charge is 0.389 e. The van der Waals surface area contributed by atoms with Crippen LogP contribution in [0.5, 0.6) is 0 Å². The fourth-order valence-electron chi connectivity index (χ4n) is 7.20. The van der Waals surface area contributed by atoms with Crippen LogP contribution in [-0.2, 0) is 12.8 Å². The molecule has 1 aromatic heterocycles. The van der Waals surface area contributed by atoms with Gasteiger partial charge in [0.05, 0.1) is 17.2 Å². The maximum absolute atomic E-state index is 11.8. The molecule has 2 saturated carbocycles. The van der Waals surface area contributed by atoms with E-state index in [1.165, 1.54) is 28.7 Å². The summed E-state index contributed by atoms with van der Waals surface area (Å²) in [6.07, 6.45) is 10.9. The van der Waals surface area contributed by atoms with Gasteiger partial charge in [0, 0.05) is 18.8 Å². The summed E-state index contributed by atoms with van der Waals surface area (Å²) in [5.74, 6) is 1.82. The van der Waals surface area contributed by atoms with E-state index < -0.39 is 5.60 Å². The topological polar surface area (TPSA) is 56.9 Å². The first-order valence-electron chi connectivity index (χ1n) is 11.1. The summed E-state index contributed by atoms with van der Waals surface area (Å²) < 4.78 is 0. The van der Waals surface area contributed by atoms with Crippen LogP contribution in [0.15, 0.2) is 36.7 Å². The number of fused-ring (bicyclic) bond motifs is 5. The second kappa shape index (κ2) is 6.67. The number of aromatic nitrogens is 1. The molecule has 150 valence electrons. The first-order chi connectivity index (χ1) is 14.0. The number of nitrogens with zero attached hydrogens (tertiary/aromatic N) is 2. The van der Waals surface area contributed by atoms with Gasteiger partial charge >= 0.3 is 0 Å². The Morgan fingerprint density at radius 1 is 1.14 bits per heavy atom. The molecule has 0 spiro atoms. The standard InChI is InChI=1S/C26H30N2O/c1-17-19(16-27)3-4-21-20(17)5-6-23-22(21)7-11-25(2)24(23)8-12-26(25,29)15-18-9-13-28-14-10-18/h3-4,9-10,13-14,22-24,29H,5-8,11-12,15H2,1-2H3/t22?,23?,24?,25-,26+/m0/s1. The molecule has 5 atom stereocenters. The van der Waals surface area contributed by atoms with Crippen LogP contribution >= 0.6 is 0 Å². The highest BCUT2D eigenvalue weighted by molar-refractivity contribution is 5.49. The fraction of sp³-hybridized carbons (Fsp3) is 0.538. The van der Waals surface area contributed by atoms with Crippen molar-refractivity contribution >= 4 is 0 Å². The Labute approximate surface area is 173 Å². The number of aliphatic hydroxyl groups is 1. The van der Waals surface area contributed by atoms with E-state index in [0.29, 0.717) is 17.8 Å². The SMILES string of the molecule is Cc1c(C#N)ccc2c1CCC1C2CC[C@@]2(C)C1CC[C@@]2(O)Cc1ccncc1. The molecule has 2 fully saturated rings. The number of nitriles is 1. The zero-order valence-electron chi connectivity index (χ0n) is 17.5. The minimum absolute atomic E-state index is 0.0173. The molecular formula is C26H30N2O. The maximum atomic E-state index is 11.8. The lowest BCUT2D eigenvalue weighted by molar-refractivity contribution is -0.102. The third kappa shape index (κ3) is 2.69. The second-order valence-electron chi connectivity index (χ2n) is 9.89. The molecule has 0 saturated heterocycles. The molecule has 3 heteroatoms. The third-order valence-electron chi connectivity index (χ3n) is 8.89. The van der Waals surface area contributed by atoms with E-state index in [0.717, 1.165) is 44.1 Å². The van der Waals surface area contributed by atoms with Gasteiger partial charge in [0.1, 0.15) is 0 Å². The highest BCUT2D eigenvalue weighted by Gasteiger charge is 2.61. The van der Waals surface area contributed by atoms with Gasteiger partial charge in [-0.3, -0.25) is 4.98 Å². The minimum atomic E-state index is -0.620. The Kier molecular flexibility index (Phi) is 4.33. The molecular weight excluding hydrogens is 356 g/mol. The first kappa shape index (κ1) is 18.8. The average molecular weight is 387 g/mol. The van der Waals surface area contributed by atoms with E-state index in [-0.39, 0.29) is 5.41 Å². The number of hydrogen-bond donors (Lipinski definition) is 1. The van der Waals surface area contributed by atoms with Gasteiger partial charge in [-0.2, -0.15) is 5.26 Å². The summed E-state index contributed by atoms with van der Waals surface area (Å²) in [4.78, 5) is 4.13. The van der Waals surface area contributed by atoms with E-state index in [1.807, 2.05) is 30.6 Å². The Balaban J connectivity index is 1.46. The number of pyridine rings is 1. The molecule has 1 aromatic carbocycles. The summed E-state index contributed by atoms with van der Waals surface area (Å²) in [6, 6.07) is 10.7. The van der Waals surface area contributed by atoms with E-state index in [9.17, 15) is 10.4 Å². The Hall–Kier alpha value is -2.18. The Morgan fingerprint density at radius 2 is 1.93 bits per heavy atom. The number of hydrogen-bond acceptors (Lipinski definition) is 3. The van der Waals surface area contributed by atoms with E-state index >= 15 is 0 Å². The van der Waals surface area contributed by atoms with Crippen LogP contribution in [0.3, 0.4) is 0 Å². The normalized spacial score (nSPS) is 35.3. The van der Waals surface area contributed by atoms with Crippen molar-refractivity contribution < 1.29 is 5.11 Å². The molecule has 3 unspecified atom stereocenters. The second-order valence-corrected chi connectivity index (χ2v) is 9.89. The van der Waals surface area contributed by atoms with E-state index in [4.69, 9.17) is 0 Å². The van der Waals surface area contributed by atoms with Crippen molar-refractivity contribution in [2.24, 2.45) is 17.3 Å². The summed E-state index contributed by atoms with van der Waals surface area (Å²) in [5, 5.41) is 21.2. The smallest absolute Gasteiger partial charge is 0.0994 e. The monoisotopic (exact) mass is 386 g/mol. The van der Waals surface area contributed by atoms with Crippen LogP contribution < -0.4 is 0 Å². The highest BCUT2D eigenvalue weighted by atomic mass is 16.3. The fourth-order valence-corrected chi connectivity index (χ4v) is 7.20. The Morgan fingerprint density at radius 3 is 2.69 bits per heavy atom. The highest BCUT2D eigenvalue weighted by Crippen LogP contribution is 2.65. The van der Waals surface area contributed by atoms with Crippen molar-refractivity contribution in [3.8, 4) is 6.07 Å². The molecule has 1 heterocycles. The van der Waals surface area contributed by atoms with Crippen molar-refractivity contribution in [1.29, 1.82) is 5.26 Å². The van der Waals surface area contributed by atoms with Crippen molar-refractivity contribution in [3.63, 3.8) is 0 Å². The molecule has 3 aliphatic rings. The van der Waals surface area contributed by atoms with Gasteiger partial charge in [0.2, 0.25) is 0 Å². The van der Waals surface area contributed by atoms with Crippen LogP contribution in [0.1, 0.15) is 72.8 Å². The van der Waals surface area contributed by atoms with Crippen LogP contribution in [0, 0.1) is 35.5 Å². The number of benzene rings is 1. The van der Waals surface area contributed by atoms with Gasteiger partial charge in [-0.05, 0) is 109 Å². The predicted molar refractivity (Wildman–Crippen MR) is 113 cm³/mol. The van der Waals surface area contributed by atoms with Crippen LogP contribution in [0.25, 0.3) is 0 Å². The summed E-state index contributed by atoms with van der Waals surface area (Å²) >= 11 is 0. The van der Waals surface area contributed by atoms with Gasteiger partial charge in [-0.1, -0.05) is 13.0 Å². The predicted octanol–water partition coefficient (Wildman–Crippen LogP) is 5.09. The Bertz CT molecular complexity index is 978. The van der Waals surface area contributed by atoms with Crippen molar-refractivity contribution in [1.82, 2.24) is 4.98 Å². The summed E-state index contributed by atoms with van der Waals surface area (Å²) in [6.45, 7) is 4.48. The molecule has 0 amide bonds. The van der Waals surface area contributed by atoms with Crippen LogP contribution in [0.4, 0.5) is 0 Å². The third-order valence-corrected chi connectivity index (χ3v) is 8.89. The molecule has 2 aromatic rings. The quantitative estimate of drug-likeness (QED) is 0.782. The van der Waals surface area contributed by atoms with Crippen molar-refractivity contribution in [2.75, 3.05) is 0 Å². The molecule has 0 bridgehead atoms. The van der Waals surface area contributed by atoms with Gasteiger partial charge in [0.15, 0.2) is 0 Å². The molecule has 5 rings (SSSR count). The van der Waals surface area contributed by atoms with E-state index in [1.54, 1.807) is 0 Å². The number of rotatable bonds is 2. The van der Waals surface area contributed by atoms with Gasteiger partial charge < -0.3 is 5.11 Å². The molecule has 1 N–H and O–H groups in total. The lowest BCUT2D eigenvalue weighted by Crippen LogP contribution is -2.51. The molecule has 3 nitrogen and oxygen atoms in total. The van der Waals surface area contributed by atoms with Gasteiger partial charge in [0.25, 0.3) is 0 Å². The first-order valence-corrected chi connectivity index (χ1v) is 11.1. The van der Waals surface area contributed by atoms with Crippen molar-refractivity contribution in [2.45, 2.75) is 70.3 Å². The molecule has 0 radical (unpaired) electrons. The molecule has 0 aliphatic heterocycles. The average Bonchev–Trinajstić information content (AvgIpc) is 2.99. The summed E-state index contributed by atoms with van der Waals surface area (Å²) in [5.41, 5.74) is 5.50. The zero-order valence-corrected chi connectivity index (χ0v) is 17.5. The van der Waals surface area contributed by atoms with E-state index in [2.05, 4.69) is 31.0 Å². The summed E-state index contributed by atoms with van der Waals surface area (Å²) in [7, 11) is 0. The van der Waals surface area contributed by atoms with Crippen molar-refractivity contribution in [3.05, 3.63) is 64.5 Å². The molecule has 29 heavy (non-hydrogen) atoms. The lowest BCUT2D eigenvalue weighted by atomic mass is 9.52. The minimum Gasteiger partial charge on any atom is -0.389 e. The maximum Gasteiger partial charge on any atom is 0.0994 e. The van der Waals surface area contributed by atoms with Crippen LogP contribution in [0.2, 0.25) is 0 Å². The van der Waals surface area contributed by atoms with Crippen LogP contribution in [-0.4, -0.2) is 15.7 Å². The zero-order chi connectivity index (χ0) is 20.2. The van der Waals surface area contributed by atoms with Gasteiger partial charge in [-0.25, -0.2) is 0 Å². The van der Waals surface area contributed by atoms with Gasteiger partial charge in [-0.15, -0.1) is 0 Å². The lowest BCUT2D eigenvalue weighted by Gasteiger charge is -2.53.